The van der Waals surface area contributed by atoms with Gasteiger partial charge in [-0.15, -0.1) is 0 Å². The predicted octanol–water partition coefficient (Wildman–Crippen LogP) is 3.03. The summed E-state index contributed by atoms with van der Waals surface area (Å²) in [6.07, 6.45) is 0.771. The van der Waals surface area contributed by atoms with Crippen molar-refractivity contribution in [1.29, 1.82) is 5.41 Å². The van der Waals surface area contributed by atoms with Gasteiger partial charge in [0.1, 0.15) is 5.60 Å². The zero-order chi connectivity index (χ0) is 12.2. The quantitative estimate of drug-likeness (QED) is 0.752. The van der Waals surface area contributed by atoms with Gasteiger partial charge in [0, 0.05) is 11.9 Å². The summed E-state index contributed by atoms with van der Waals surface area (Å²) in [5.74, 6) is 0. The third-order valence-electron chi connectivity index (χ3n) is 1.72. The van der Waals surface area contributed by atoms with Crippen LogP contribution in [0.1, 0.15) is 26.3 Å². The van der Waals surface area contributed by atoms with Gasteiger partial charge in [0.05, 0.1) is 0 Å². The minimum absolute atomic E-state index is 0.477. The Balaban J connectivity index is 2.59. The van der Waals surface area contributed by atoms with Crippen LogP contribution in [0.15, 0.2) is 24.3 Å². The van der Waals surface area contributed by atoms with Crippen LogP contribution in [-0.2, 0) is 4.74 Å². The highest BCUT2D eigenvalue weighted by Gasteiger charge is 2.15. The molecule has 0 fully saturated rings. The molecule has 86 valence electrons. The average molecular weight is 220 g/mol. The van der Waals surface area contributed by atoms with Gasteiger partial charge < -0.3 is 10.1 Å². The van der Waals surface area contributed by atoms with Crippen molar-refractivity contribution >= 4 is 18.0 Å². The van der Waals surface area contributed by atoms with E-state index in [-0.39, 0.29) is 0 Å². The molecule has 1 aromatic rings. The summed E-state index contributed by atoms with van der Waals surface area (Å²) < 4.78 is 5.10. The monoisotopic (exact) mass is 220 g/mol. The number of ether oxygens (including phenoxy) is 1. The van der Waals surface area contributed by atoms with Gasteiger partial charge >= 0.3 is 6.09 Å². The number of anilines is 1. The lowest BCUT2D eigenvalue weighted by molar-refractivity contribution is 0.0636. The van der Waals surface area contributed by atoms with Crippen molar-refractivity contribution in [1.82, 2.24) is 0 Å². The average Bonchev–Trinajstić information content (AvgIpc) is 2.16. The first-order chi connectivity index (χ1) is 7.40. The summed E-state index contributed by atoms with van der Waals surface area (Å²) in [6, 6.07) is 6.95. The molecule has 1 aromatic carbocycles. The third kappa shape index (κ3) is 4.13. The normalized spacial score (nSPS) is 10.7. The number of amides is 1. The molecule has 0 aliphatic heterocycles. The van der Waals surface area contributed by atoms with Crippen LogP contribution in [0.3, 0.4) is 0 Å². The molecule has 0 radical (unpaired) electrons. The Morgan fingerprint density at radius 3 is 2.31 bits per heavy atom. The molecule has 4 heteroatoms. The fourth-order valence-electron chi connectivity index (χ4n) is 1.08. The highest BCUT2D eigenvalue weighted by molar-refractivity contribution is 5.86. The first kappa shape index (κ1) is 12.2. The molecule has 0 heterocycles. The lowest BCUT2D eigenvalue weighted by Gasteiger charge is -2.19. The zero-order valence-electron chi connectivity index (χ0n) is 9.70. The first-order valence-corrected chi connectivity index (χ1v) is 5.01. The van der Waals surface area contributed by atoms with E-state index >= 15 is 0 Å². The van der Waals surface area contributed by atoms with E-state index in [1.54, 1.807) is 24.3 Å². The number of carbonyl (C=O) groups is 1. The molecule has 0 aliphatic carbocycles. The standard InChI is InChI=1S/C12H16N2O2/c1-12(2,3)16-11(15)14-10-6-4-9(8-13)5-7-10/h4-8,13H,1-3H3,(H,14,15). The van der Waals surface area contributed by atoms with E-state index in [2.05, 4.69) is 5.32 Å². The van der Waals surface area contributed by atoms with Gasteiger partial charge in [-0.25, -0.2) is 4.79 Å². The fraction of sp³-hybridized carbons (Fsp3) is 0.333. The van der Waals surface area contributed by atoms with E-state index in [0.29, 0.717) is 5.69 Å². The third-order valence-corrected chi connectivity index (χ3v) is 1.72. The number of hydrogen-bond acceptors (Lipinski definition) is 3. The van der Waals surface area contributed by atoms with Crippen LogP contribution in [-0.4, -0.2) is 17.9 Å². The largest absolute Gasteiger partial charge is 0.444 e. The number of carbonyl (C=O) groups excluding carboxylic acids is 1. The number of benzene rings is 1. The molecule has 16 heavy (non-hydrogen) atoms. The van der Waals surface area contributed by atoms with Crippen LogP contribution >= 0.6 is 0 Å². The van der Waals surface area contributed by atoms with Gasteiger partial charge in [-0.05, 0) is 38.5 Å². The van der Waals surface area contributed by atoms with Crippen molar-refractivity contribution in [3.05, 3.63) is 29.8 Å². The molecule has 0 spiro atoms. The van der Waals surface area contributed by atoms with Crippen LogP contribution in [0.25, 0.3) is 0 Å². The molecular weight excluding hydrogens is 204 g/mol. The predicted molar refractivity (Wildman–Crippen MR) is 64.2 cm³/mol. The van der Waals surface area contributed by atoms with Crippen LogP contribution in [0, 0.1) is 5.41 Å². The van der Waals surface area contributed by atoms with Gasteiger partial charge in [-0.3, -0.25) is 5.32 Å². The van der Waals surface area contributed by atoms with Crippen molar-refractivity contribution in [3.8, 4) is 0 Å². The van der Waals surface area contributed by atoms with Crippen LogP contribution in [0.4, 0.5) is 10.5 Å². The molecular formula is C12H16N2O2. The summed E-state index contributed by atoms with van der Waals surface area (Å²) >= 11 is 0. The van der Waals surface area contributed by atoms with Crippen molar-refractivity contribution < 1.29 is 9.53 Å². The Morgan fingerprint density at radius 2 is 1.88 bits per heavy atom. The Hall–Kier alpha value is -1.84. The Morgan fingerprint density at radius 1 is 1.31 bits per heavy atom. The van der Waals surface area contributed by atoms with Crippen molar-refractivity contribution in [3.63, 3.8) is 0 Å². The highest BCUT2D eigenvalue weighted by Crippen LogP contribution is 2.12. The maximum atomic E-state index is 11.4. The zero-order valence-corrected chi connectivity index (χ0v) is 9.70. The summed E-state index contributed by atoms with van der Waals surface area (Å²) in [4.78, 5) is 11.4. The smallest absolute Gasteiger partial charge is 0.412 e. The Bertz CT molecular complexity index is 377. The van der Waals surface area contributed by atoms with Crippen LogP contribution < -0.4 is 5.32 Å². The van der Waals surface area contributed by atoms with Crippen molar-refractivity contribution in [2.24, 2.45) is 0 Å². The van der Waals surface area contributed by atoms with E-state index in [9.17, 15) is 4.79 Å². The SMILES string of the molecule is CC(C)(C)OC(=O)Nc1ccc(C=N)cc1. The molecule has 0 saturated heterocycles. The molecule has 1 amide bonds. The first-order valence-electron chi connectivity index (χ1n) is 5.01. The lowest BCUT2D eigenvalue weighted by Crippen LogP contribution is -2.27. The number of rotatable bonds is 2. The molecule has 4 nitrogen and oxygen atoms in total. The summed E-state index contributed by atoms with van der Waals surface area (Å²) in [5, 5.41) is 9.65. The van der Waals surface area contributed by atoms with E-state index in [1.165, 1.54) is 6.21 Å². The lowest BCUT2D eigenvalue weighted by atomic mass is 10.2. The summed E-state index contributed by atoms with van der Waals surface area (Å²) in [5.41, 5.74) is 0.938. The minimum atomic E-state index is -0.501. The molecule has 0 aliphatic rings. The Labute approximate surface area is 95.1 Å². The summed E-state index contributed by atoms with van der Waals surface area (Å²) in [7, 11) is 0. The van der Waals surface area contributed by atoms with E-state index < -0.39 is 11.7 Å². The van der Waals surface area contributed by atoms with Gasteiger partial charge in [0.25, 0.3) is 0 Å². The second-order valence-electron chi connectivity index (χ2n) is 4.39. The molecule has 1 rings (SSSR count). The molecule has 0 unspecified atom stereocenters. The van der Waals surface area contributed by atoms with Crippen LogP contribution in [0.5, 0.6) is 0 Å². The van der Waals surface area contributed by atoms with Gasteiger partial charge in [0.15, 0.2) is 0 Å². The number of hydrogen-bond donors (Lipinski definition) is 2. The van der Waals surface area contributed by atoms with Crippen LogP contribution in [0.2, 0.25) is 0 Å². The topological polar surface area (TPSA) is 62.2 Å². The van der Waals surface area contributed by atoms with E-state index in [1.807, 2.05) is 20.8 Å². The number of nitrogens with one attached hydrogen (secondary N) is 2. The van der Waals surface area contributed by atoms with E-state index in [0.717, 1.165) is 5.56 Å². The van der Waals surface area contributed by atoms with Crippen molar-refractivity contribution in [2.75, 3.05) is 5.32 Å². The van der Waals surface area contributed by atoms with Gasteiger partial charge in [0.2, 0.25) is 0 Å². The van der Waals surface area contributed by atoms with Gasteiger partial charge in [-0.1, -0.05) is 12.1 Å². The summed E-state index contributed by atoms with van der Waals surface area (Å²) in [6.45, 7) is 5.43. The molecule has 0 aromatic heterocycles. The molecule has 0 saturated carbocycles. The highest BCUT2D eigenvalue weighted by atomic mass is 16.6. The fourth-order valence-corrected chi connectivity index (χ4v) is 1.08. The molecule has 0 bridgehead atoms. The maximum Gasteiger partial charge on any atom is 0.412 e. The second kappa shape index (κ2) is 4.79. The van der Waals surface area contributed by atoms with Gasteiger partial charge in [-0.2, -0.15) is 0 Å². The van der Waals surface area contributed by atoms with E-state index in [4.69, 9.17) is 10.1 Å². The maximum absolute atomic E-state index is 11.4. The second-order valence-corrected chi connectivity index (χ2v) is 4.39. The van der Waals surface area contributed by atoms with Crippen molar-refractivity contribution in [2.45, 2.75) is 26.4 Å². The molecule has 0 atom stereocenters. The minimum Gasteiger partial charge on any atom is -0.444 e. The molecule has 2 N–H and O–H groups in total. The Kier molecular flexibility index (Phi) is 3.66.